The Balaban J connectivity index is 1.91. The van der Waals surface area contributed by atoms with Crippen LogP contribution in [-0.2, 0) is 4.79 Å². The van der Waals surface area contributed by atoms with E-state index in [0.717, 1.165) is 53.7 Å². The number of hydrogen-bond donors (Lipinski definition) is 2. The molecule has 2 N–H and O–H groups in total. The van der Waals surface area contributed by atoms with Crippen molar-refractivity contribution in [1.82, 2.24) is 9.88 Å². The zero-order chi connectivity index (χ0) is 17.9. The summed E-state index contributed by atoms with van der Waals surface area (Å²) in [5.41, 5.74) is 3.83. The van der Waals surface area contributed by atoms with E-state index in [1.807, 2.05) is 54.6 Å². The van der Waals surface area contributed by atoms with Crippen LogP contribution in [0.5, 0.6) is 0 Å². The topological polar surface area (TPSA) is 56.3 Å². The number of nitrogens with zero attached hydrogens (tertiary/aromatic N) is 1. The Labute approximate surface area is 153 Å². The molecule has 0 aliphatic carbocycles. The van der Waals surface area contributed by atoms with Crippen LogP contribution in [0.4, 0.5) is 0 Å². The average Bonchev–Trinajstić information content (AvgIpc) is 2.84. The minimum absolute atomic E-state index is 0.626. The molecule has 0 amide bonds. The van der Waals surface area contributed by atoms with Crippen molar-refractivity contribution in [2.24, 2.45) is 0 Å². The van der Waals surface area contributed by atoms with Crippen molar-refractivity contribution in [3.8, 4) is 11.3 Å². The quantitative estimate of drug-likeness (QED) is 0.709. The SMILES string of the molecule is O=C(O)C(c1c(-c2ccccc2)[nH]c2ccccc12)N1CCCCCC1. The van der Waals surface area contributed by atoms with Crippen LogP contribution in [0.1, 0.15) is 37.3 Å². The molecular weight excluding hydrogens is 324 g/mol. The molecule has 1 aliphatic rings. The molecule has 1 aliphatic heterocycles. The third-order valence-electron chi connectivity index (χ3n) is 5.32. The van der Waals surface area contributed by atoms with Crippen molar-refractivity contribution in [3.05, 3.63) is 60.2 Å². The number of aromatic amines is 1. The van der Waals surface area contributed by atoms with Gasteiger partial charge in [-0.1, -0.05) is 61.4 Å². The zero-order valence-electron chi connectivity index (χ0n) is 14.8. The molecule has 2 aromatic carbocycles. The number of fused-ring (bicyclic) bond motifs is 1. The number of benzene rings is 2. The molecule has 4 rings (SSSR count). The maximum Gasteiger partial charge on any atom is 0.325 e. The van der Waals surface area contributed by atoms with Crippen LogP contribution >= 0.6 is 0 Å². The molecule has 1 fully saturated rings. The number of aromatic nitrogens is 1. The van der Waals surface area contributed by atoms with E-state index >= 15 is 0 Å². The van der Waals surface area contributed by atoms with Gasteiger partial charge < -0.3 is 10.1 Å². The molecule has 1 aromatic heterocycles. The summed E-state index contributed by atoms with van der Waals surface area (Å²) in [6, 6.07) is 17.4. The number of rotatable bonds is 4. The van der Waals surface area contributed by atoms with Crippen molar-refractivity contribution >= 4 is 16.9 Å². The van der Waals surface area contributed by atoms with Crippen LogP contribution in [0.15, 0.2) is 54.6 Å². The lowest BCUT2D eigenvalue weighted by atomic mass is 9.97. The molecule has 1 unspecified atom stereocenters. The smallest absolute Gasteiger partial charge is 0.325 e. The molecule has 3 aromatic rings. The Morgan fingerprint density at radius 3 is 2.27 bits per heavy atom. The Morgan fingerprint density at radius 2 is 1.58 bits per heavy atom. The second kappa shape index (κ2) is 7.34. The molecule has 134 valence electrons. The van der Waals surface area contributed by atoms with Gasteiger partial charge in [-0.05, 0) is 37.6 Å². The fraction of sp³-hybridized carbons (Fsp3) is 0.318. The van der Waals surface area contributed by atoms with Crippen LogP contribution in [0.3, 0.4) is 0 Å². The van der Waals surface area contributed by atoms with Crippen LogP contribution in [0.2, 0.25) is 0 Å². The van der Waals surface area contributed by atoms with Gasteiger partial charge in [-0.25, -0.2) is 0 Å². The second-order valence-corrected chi connectivity index (χ2v) is 7.02. The highest BCUT2D eigenvalue weighted by molar-refractivity contribution is 5.95. The second-order valence-electron chi connectivity index (χ2n) is 7.02. The Bertz CT molecular complexity index is 893. The summed E-state index contributed by atoms with van der Waals surface area (Å²) in [6.45, 7) is 1.68. The Morgan fingerprint density at radius 1 is 0.923 bits per heavy atom. The molecule has 26 heavy (non-hydrogen) atoms. The lowest BCUT2D eigenvalue weighted by Crippen LogP contribution is -2.35. The predicted octanol–water partition coefficient (Wildman–Crippen LogP) is 4.84. The number of likely N-dealkylation sites (tertiary alicyclic amines) is 1. The van der Waals surface area contributed by atoms with Gasteiger partial charge in [0.25, 0.3) is 0 Å². The van der Waals surface area contributed by atoms with Crippen molar-refractivity contribution in [2.75, 3.05) is 13.1 Å². The van der Waals surface area contributed by atoms with E-state index in [1.165, 1.54) is 12.8 Å². The number of nitrogens with one attached hydrogen (secondary N) is 1. The van der Waals surface area contributed by atoms with E-state index in [-0.39, 0.29) is 0 Å². The summed E-state index contributed by atoms with van der Waals surface area (Å²) in [5.74, 6) is -0.770. The summed E-state index contributed by atoms with van der Waals surface area (Å²) >= 11 is 0. The summed E-state index contributed by atoms with van der Waals surface area (Å²) in [4.78, 5) is 18.0. The number of carboxylic acids is 1. The highest BCUT2D eigenvalue weighted by Crippen LogP contribution is 2.38. The van der Waals surface area contributed by atoms with E-state index in [4.69, 9.17) is 0 Å². The van der Waals surface area contributed by atoms with E-state index < -0.39 is 12.0 Å². The fourth-order valence-corrected chi connectivity index (χ4v) is 4.10. The van der Waals surface area contributed by atoms with Gasteiger partial charge in [0.2, 0.25) is 0 Å². The number of H-pyrrole nitrogens is 1. The molecule has 2 heterocycles. The number of carbonyl (C=O) groups is 1. The van der Waals surface area contributed by atoms with Crippen LogP contribution in [0, 0.1) is 0 Å². The Kier molecular flexibility index (Phi) is 4.76. The molecule has 4 heteroatoms. The molecule has 1 saturated heterocycles. The molecule has 4 nitrogen and oxygen atoms in total. The van der Waals surface area contributed by atoms with Gasteiger partial charge in [0.05, 0.1) is 5.69 Å². The maximum absolute atomic E-state index is 12.4. The van der Waals surface area contributed by atoms with Gasteiger partial charge in [0, 0.05) is 16.5 Å². The summed E-state index contributed by atoms with van der Waals surface area (Å²) in [5, 5.41) is 11.2. The first-order valence-electron chi connectivity index (χ1n) is 9.38. The molecule has 0 bridgehead atoms. The number of para-hydroxylation sites is 1. The fourth-order valence-electron chi connectivity index (χ4n) is 4.10. The monoisotopic (exact) mass is 348 g/mol. The highest BCUT2D eigenvalue weighted by atomic mass is 16.4. The molecule has 0 radical (unpaired) electrons. The lowest BCUT2D eigenvalue weighted by Gasteiger charge is -2.28. The minimum atomic E-state index is -0.770. The van der Waals surface area contributed by atoms with Gasteiger partial charge in [-0.3, -0.25) is 9.69 Å². The molecular formula is C22H24N2O2. The highest BCUT2D eigenvalue weighted by Gasteiger charge is 2.32. The van der Waals surface area contributed by atoms with Crippen molar-refractivity contribution in [3.63, 3.8) is 0 Å². The van der Waals surface area contributed by atoms with Crippen molar-refractivity contribution < 1.29 is 9.90 Å². The van der Waals surface area contributed by atoms with Crippen LogP contribution in [0.25, 0.3) is 22.2 Å². The number of hydrogen-bond acceptors (Lipinski definition) is 2. The lowest BCUT2D eigenvalue weighted by molar-refractivity contribution is -0.143. The van der Waals surface area contributed by atoms with E-state index in [9.17, 15) is 9.90 Å². The maximum atomic E-state index is 12.4. The largest absolute Gasteiger partial charge is 0.480 e. The van der Waals surface area contributed by atoms with E-state index in [2.05, 4.69) is 9.88 Å². The average molecular weight is 348 g/mol. The van der Waals surface area contributed by atoms with Crippen molar-refractivity contribution in [1.29, 1.82) is 0 Å². The van der Waals surface area contributed by atoms with Gasteiger partial charge in [-0.2, -0.15) is 0 Å². The standard InChI is InChI=1S/C22H24N2O2/c25-22(26)21(24-14-8-1-2-9-15-24)19-17-12-6-7-13-18(17)23-20(19)16-10-4-3-5-11-16/h3-7,10-13,21,23H,1-2,8-9,14-15H2,(H,25,26). The predicted molar refractivity (Wildman–Crippen MR) is 104 cm³/mol. The van der Waals surface area contributed by atoms with Crippen LogP contribution < -0.4 is 0 Å². The number of aliphatic carboxylic acids is 1. The number of carboxylic acid groups (broad SMARTS) is 1. The molecule has 0 saturated carbocycles. The first kappa shape index (κ1) is 16.9. The first-order chi connectivity index (χ1) is 12.8. The minimum Gasteiger partial charge on any atom is -0.480 e. The molecule has 0 spiro atoms. The van der Waals surface area contributed by atoms with Crippen molar-refractivity contribution in [2.45, 2.75) is 31.7 Å². The van der Waals surface area contributed by atoms with Gasteiger partial charge in [-0.15, -0.1) is 0 Å². The summed E-state index contributed by atoms with van der Waals surface area (Å²) in [6.07, 6.45) is 4.49. The van der Waals surface area contributed by atoms with Gasteiger partial charge in [0.15, 0.2) is 0 Å². The third-order valence-corrected chi connectivity index (χ3v) is 5.32. The Hall–Kier alpha value is -2.59. The normalized spacial score (nSPS) is 17.1. The summed E-state index contributed by atoms with van der Waals surface area (Å²) < 4.78 is 0. The molecule has 1 atom stereocenters. The third kappa shape index (κ3) is 3.13. The van der Waals surface area contributed by atoms with Crippen LogP contribution in [-0.4, -0.2) is 34.0 Å². The van der Waals surface area contributed by atoms with Gasteiger partial charge in [0.1, 0.15) is 6.04 Å². The summed E-state index contributed by atoms with van der Waals surface area (Å²) in [7, 11) is 0. The first-order valence-corrected chi connectivity index (χ1v) is 9.38. The van der Waals surface area contributed by atoms with Gasteiger partial charge >= 0.3 is 5.97 Å². The zero-order valence-corrected chi connectivity index (χ0v) is 14.8. The van der Waals surface area contributed by atoms with E-state index in [1.54, 1.807) is 0 Å². The van der Waals surface area contributed by atoms with E-state index in [0.29, 0.717) is 0 Å².